The molecule has 0 radical (unpaired) electrons. The summed E-state index contributed by atoms with van der Waals surface area (Å²) in [4.78, 5) is 41.5. The number of amides is 1. The van der Waals surface area contributed by atoms with E-state index in [1.54, 1.807) is 41.1 Å². The Balaban J connectivity index is 1.61. The van der Waals surface area contributed by atoms with Gasteiger partial charge in [-0.05, 0) is 23.8 Å². The van der Waals surface area contributed by atoms with E-state index in [9.17, 15) is 14.4 Å². The second-order valence-corrected chi connectivity index (χ2v) is 6.89. The molecule has 1 unspecified atom stereocenters. The predicted octanol–water partition coefficient (Wildman–Crippen LogP) is 2.12. The fourth-order valence-electron chi connectivity index (χ4n) is 3.39. The molecule has 1 N–H and O–H groups in total. The van der Waals surface area contributed by atoms with Crippen LogP contribution in [-0.4, -0.2) is 20.0 Å². The monoisotopic (exact) mass is 400 g/mol. The van der Waals surface area contributed by atoms with Gasteiger partial charge in [0, 0.05) is 12.3 Å². The van der Waals surface area contributed by atoms with Gasteiger partial charge in [0.15, 0.2) is 0 Å². The molecule has 0 aliphatic rings. The average molecular weight is 400 g/mol. The molecule has 7 nitrogen and oxygen atoms in total. The summed E-state index contributed by atoms with van der Waals surface area (Å²) < 4.78 is 2.94. The van der Waals surface area contributed by atoms with E-state index in [2.05, 4.69) is 10.3 Å². The van der Waals surface area contributed by atoms with Crippen LogP contribution in [-0.2, 0) is 17.9 Å². The van der Waals surface area contributed by atoms with E-state index in [-0.39, 0.29) is 30.1 Å². The van der Waals surface area contributed by atoms with Crippen LogP contribution >= 0.6 is 0 Å². The van der Waals surface area contributed by atoms with Crippen molar-refractivity contribution in [2.45, 2.75) is 19.1 Å². The number of benzene rings is 2. The lowest BCUT2D eigenvalue weighted by atomic mass is 10.1. The first-order chi connectivity index (χ1) is 14.6. The van der Waals surface area contributed by atoms with Crippen molar-refractivity contribution in [2.75, 3.05) is 0 Å². The van der Waals surface area contributed by atoms with E-state index in [0.29, 0.717) is 11.0 Å². The van der Waals surface area contributed by atoms with E-state index < -0.39 is 6.04 Å². The van der Waals surface area contributed by atoms with Crippen LogP contribution in [0, 0.1) is 0 Å². The zero-order valence-corrected chi connectivity index (χ0v) is 16.1. The van der Waals surface area contributed by atoms with Gasteiger partial charge >= 0.3 is 0 Å². The molecular weight excluding hydrogens is 380 g/mol. The number of aromatic nitrogens is 3. The van der Waals surface area contributed by atoms with Gasteiger partial charge < -0.3 is 9.88 Å². The number of hydrogen-bond acceptors (Lipinski definition) is 4. The van der Waals surface area contributed by atoms with Crippen molar-refractivity contribution in [3.8, 4) is 0 Å². The Hall–Kier alpha value is -4.00. The largest absolute Gasteiger partial charge is 0.346 e. The SMILES string of the molecule is O=C(Cn1c(=O)cnc2ccccc21)NC(Cn1ccccc1=O)c1ccccc1. The van der Waals surface area contributed by atoms with Crippen LogP contribution in [0.15, 0.2) is 94.8 Å². The van der Waals surface area contributed by atoms with Crippen LogP contribution in [0.4, 0.5) is 0 Å². The fourth-order valence-corrected chi connectivity index (χ4v) is 3.39. The first kappa shape index (κ1) is 19.3. The molecule has 30 heavy (non-hydrogen) atoms. The van der Waals surface area contributed by atoms with Crippen LogP contribution in [0.25, 0.3) is 11.0 Å². The Morgan fingerprint density at radius 3 is 2.43 bits per heavy atom. The second kappa shape index (κ2) is 8.57. The molecule has 2 heterocycles. The molecule has 7 heteroatoms. The minimum Gasteiger partial charge on any atom is -0.346 e. The summed E-state index contributed by atoms with van der Waals surface area (Å²) in [5.74, 6) is -0.328. The number of nitrogens with zero attached hydrogens (tertiary/aromatic N) is 3. The molecular formula is C23H20N4O3. The Labute approximate surface area is 172 Å². The van der Waals surface area contributed by atoms with Crippen LogP contribution < -0.4 is 16.4 Å². The molecule has 0 saturated heterocycles. The third-order valence-corrected chi connectivity index (χ3v) is 4.87. The summed E-state index contributed by atoms with van der Waals surface area (Å²) in [6.45, 7) is 0.135. The highest BCUT2D eigenvalue weighted by Gasteiger charge is 2.17. The highest BCUT2D eigenvalue weighted by atomic mass is 16.2. The van der Waals surface area contributed by atoms with Crippen LogP contribution in [0.2, 0.25) is 0 Å². The third-order valence-electron chi connectivity index (χ3n) is 4.87. The van der Waals surface area contributed by atoms with Gasteiger partial charge in [-0.3, -0.25) is 19.0 Å². The van der Waals surface area contributed by atoms with E-state index >= 15 is 0 Å². The summed E-state index contributed by atoms with van der Waals surface area (Å²) in [5, 5.41) is 2.97. The maximum atomic E-state index is 12.9. The van der Waals surface area contributed by atoms with Crippen molar-refractivity contribution < 1.29 is 4.79 Å². The summed E-state index contributed by atoms with van der Waals surface area (Å²) in [5.41, 5.74) is 1.60. The summed E-state index contributed by atoms with van der Waals surface area (Å²) >= 11 is 0. The van der Waals surface area contributed by atoms with Gasteiger partial charge in [0.25, 0.3) is 11.1 Å². The number of hydrogen-bond donors (Lipinski definition) is 1. The molecule has 0 fully saturated rings. The van der Waals surface area contributed by atoms with Crippen molar-refractivity contribution in [3.63, 3.8) is 0 Å². The summed E-state index contributed by atoms with van der Waals surface area (Å²) in [6.07, 6.45) is 2.90. The summed E-state index contributed by atoms with van der Waals surface area (Å²) in [6, 6.07) is 21.1. The molecule has 2 aromatic heterocycles. The zero-order valence-electron chi connectivity index (χ0n) is 16.1. The summed E-state index contributed by atoms with van der Waals surface area (Å²) in [7, 11) is 0. The second-order valence-electron chi connectivity index (χ2n) is 6.89. The number of carbonyl (C=O) groups is 1. The van der Waals surface area contributed by atoms with Crippen LogP contribution in [0.5, 0.6) is 0 Å². The van der Waals surface area contributed by atoms with Gasteiger partial charge in [-0.2, -0.15) is 0 Å². The van der Waals surface area contributed by atoms with Crippen molar-refractivity contribution in [2.24, 2.45) is 0 Å². The molecule has 4 aromatic rings. The highest BCUT2D eigenvalue weighted by molar-refractivity contribution is 5.80. The van der Waals surface area contributed by atoms with Gasteiger partial charge in [0.2, 0.25) is 5.91 Å². The van der Waals surface area contributed by atoms with Crippen LogP contribution in [0.1, 0.15) is 11.6 Å². The number of nitrogens with one attached hydrogen (secondary N) is 1. The molecule has 0 bridgehead atoms. The lowest BCUT2D eigenvalue weighted by Gasteiger charge is -2.21. The number of rotatable bonds is 6. The van der Waals surface area contributed by atoms with Gasteiger partial charge in [0.05, 0.1) is 29.8 Å². The smallest absolute Gasteiger partial charge is 0.269 e. The molecule has 2 aromatic carbocycles. The number of para-hydroxylation sites is 2. The lowest BCUT2D eigenvalue weighted by Crippen LogP contribution is -2.37. The van der Waals surface area contributed by atoms with Crippen molar-refractivity contribution >= 4 is 16.9 Å². The highest BCUT2D eigenvalue weighted by Crippen LogP contribution is 2.15. The molecule has 1 atom stereocenters. The number of pyridine rings is 1. The number of carbonyl (C=O) groups excluding carboxylic acids is 1. The first-order valence-corrected chi connectivity index (χ1v) is 9.56. The van der Waals surface area contributed by atoms with E-state index in [0.717, 1.165) is 5.56 Å². The standard InChI is InChI=1S/C23H20N4O3/c28-21(16-27-20-11-5-4-10-18(20)24-14-23(27)30)25-19(17-8-2-1-3-9-17)15-26-13-7-6-12-22(26)29/h1-14,19H,15-16H2,(H,25,28). The van der Waals surface area contributed by atoms with E-state index in [4.69, 9.17) is 0 Å². The molecule has 4 rings (SSSR count). The Kier molecular flexibility index (Phi) is 5.52. The molecule has 1 amide bonds. The fraction of sp³-hybridized carbons (Fsp3) is 0.130. The van der Waals surface area contributed by atoms with Crippen LogP contribution in [0.3, 0.4) is 0 Å². The van der Waals surface area contributed by atoms with E-state index in [1.807, 2.05) is 36.4 Å². The minimum atomic E-state index is -0.428. The van der Waals surface area contributed by atoms with Gasteiger partial charge in [-0.15, -0.1) is 0 Å². The zero-order chi connectivity index (χ0) is 20.9. The average Bonchev–Trinajstić information content (AvgIpc) is 2.77. The maximum Gasteiger partial charge on any atom is 0.269 e. The first-order valence-electron chi connectivity index (χ1n) is 9.56. The molecule has 0 saturated carbocycles. The quantitative estimate of drug-likeness (QED) is 0.537. The van der Waals surface area contributed by atoms with Crippen molar-refractivity contribution in [3.05, 3.63) is 111 Å². The van der Waals surface area contributed by atoms with E-state index in [1.165, 1.54) is 16.8 Å². The van der Waals surface area contributed by atoms with Crippen molar-refractivity contribution in [1.29, 1.82) is 0 Å². The Morgan fingerprint density at radius 1 is 0.900 bits per heavy atom. The normalized spacial score (nSPS) is 11.9. The van der Waals surface area contributed by atoms with Gasteiger partial charge in [-0.1, -0.05) is 48.5 Å². The van der Waals surface area contributed by atoms with Gasteiger partial charge in [-0.25, -0.2) is 4.98 Å². The third kappa shape index (κ3) is 4.20. The molecule has 0 spiro atoms. The number of fused-ring (bicyclic) bond motifs is 1. The lowest BCUT2D eigenvalue weighted by molar-refractivity contribution is -0.122. The molecule has 0 aliphatic heterocycles. The van der Waals surface area contributed by atoms with Gasteiger partial charge in [0.1, 0.15) is 6.54 Å². The minimum absolute atomic E-state index is 0.144. The van der Waals surface area contributed by atoms with Crippen molar-refractivity contribution in [1.82, 2.24) is 19.4 Å². The Bertz CT molecular complexity index is 1290. The topological polar surface area (TPSA) is 86.0 Å². The molecule has 0 aliphatic carbocycles. The Morgan fingerprint density at radius 2 is 1.63 bits per heavy atom. The predicted molar refractivity (Wildman–Crippen MR) is 114 cm³/mol. The maximum absolute atomic E-state index is 12.9. The molecule has 150 valence electrons.